The van der Waals surface area contributed by atoms with Gasteiger partial charge in [-0.25, -0.2) is 0 Å². The lowest BCUT2D eigenvalue weighted by atomic mass is 10.0. The molecule has 1 N–H and O–H groups in total. The van der Waals surface area contributed by atoms with Crippen LogP contribution in [0.2, 0.25) is 0 Å². The van der Waals surface area contributed by atoms with Gasteiger partial charge in [-0.1, -0.05) is 29.8 Å². The fraction of sp³-hybridized carbons (Fsp3) is 0.333. The largest absolute Gasteiger partial charge is 0.481 e. The molecule has 0 aromatic heterocycles. The molecular weight excluding hydrogens is 192 g/mol. The van der Waals surface area contributed by atoms with E-state index in [0.29, 0.717) is 12.0 Å². The number of benzene rings is 1. The molecule has 1 aromatic carbocycles. The number of Topliss-reactive ketones (excluding diaryl/α,β-unsaturated/α-hetero) is 1. The first-order chi connectivity index (χ1) is 7.09. The lowest BCUT2D eigenvalue weighted by Crippen LogP contribution is -2.08. The van der Waals surface area contributed by atoms with E-state index >= 15 is 0 Å². The Labute approximate surface area is 87.7 Å². The van der Waals surface area contributed by atoms with Crippen molar-refractivity contribution in [3.05, 3.63) is 35.4 Å². The Balaban J connectivity index is 2.10. The van der Waals surface area contributed by atoms with E-state index in [4.69, 9.17) is 5.11 Å². The number of aryl methyl sites for hydroxylation is 1. The number of hydrogen-bond donors (Lipinski definition) is 1. The summed E-state index contributed by atoms with van der Waals surface area (Å²) in [5, 5.41) is 8.71. The maximum atomic E-state index is 11.8. The Morgan fingerprint density at radius 3 is 2.27 bits per heavy atom. The lowest BCUT2D eigenvalue weighted by molar-refractivity contribution is -0.138. The van der Waals surface area contributed by atoms with Crippen molar-refractivity contribution in [3.8, 4) is 0 Å². The van der Waals surface area contributed by atoms with Gasteiger partial charge in [0.2, 0.25) is 0 Å². The third kappa shape index (κ3) is 1.91. The average molecular weight is 204 g/mol. The van der Waals surface area contributed by atoms with Crippen LogP contribution in [0.4, 0.5) is 0 Å². The second-order valence-corrected chi connectivity index (χ2v) is 4.02. The second kappa shape index (κ2) is 3.50. The predicted molar refractivity (Wildman–Crippen MR) is 54.7 cm³/mol. The second-order valence-electron chi connectivity index (χ2n) is 4.02. The number of carboxylic acids is 1. The number of aliphatic carboxylic acids is 1. The van der Waals surface area contributed by atoms with E-state index in [0.717, 1.165) is 5.56 Å². The van der Waals surface area contributed by atoms with Gasteiger partial charge in [-0.15, -0.1) is 0 Å². The minimum Gasteiger partial charge on any atom is -0.481 e. The van der Waals surface area contributed by atoms with E-state index < -0.39 is 11.9 Å². The number of ketones is 1. The topological polar surface area (TPSA) is 54.4 Å². The van der Waals surface area contributed by atoms with Crippen LogP contribution in [0.1, 0.15) is 22.3 Å². The van der Waals surface area contributed by atoms with Gasteiger partial charge >= 0.3 is 5.97 Å². The van der Waals surface area contributed by atoms with Crippen LogP contribution in [0.3, 0.4) is 0 Å². The molecule has 0 heterocycles. The summed E-state index contributed by atoms with van der Waals surface area (Å²) in [5.41, 5.74) is 1.71. The molecule has 0 aliphatic heterocycles. The molecule has 0 bridgehead atoms. The summed E-state index contributed by atoms with van der Waals surface area (Å²) < 4.78 is 0. The van der Waals surface area contributed by atoms with Gasteiger partial charge in [-0.3, -0.25) is 9.59 Å². The zero-order valence-corrected chi connectivity index (χ0v) is 8.43. The van der Waals surface area contributed by atoms with Crippen LogP contribution >= 0.6 is 0 Å². The summed E-state index contributed by atoms with van der Waals surface area (Å²) in [6.45, 7) is 1.95. The zero-order chi connectivity index (χ0) is 11.0. The van der Waals surface area contributed by atoms with Crippen LogP contribution < -0.4 is 0 Å². The summed E-state index contributed by atoms with van der Waals surface area (Å²) in [4.78, 5) is 22.4. The minimum atomic E-state index is -0.861. The third-order valence-corrected chi connectivity index (χ3v) is 2.78. The fourth-order valence-corrected chi connectivity index (χ4v) is 1.69. The molecule has 15 heavy (non-hydrogen) atoms. The maximum Gasteiger partial charge on any atom is 0.307 e. The fourth-order valence-electron chi connectivity index (χ4n) is 1.69. The summed E-state index contributed by atoms with van der Waals surface area (Å²) in [5.74, 6) is -1.66. The highest BCUT2D eigenvalue weighted by molar-refractivity contribution is 6.02. The molecule has 1 fully saturated rings. The van der Waals surface area contributed by atoms with Crippen molar-refractivity contribution in [2.24, 2.45) is 11.8 Å². The standard InChI is InChI=1S/C12H12O3/c1-7-2-4-8(5-3-7)11(13)9-6-10(9)12(14)15/h2-5,9-10H,6H2,1H3,(H,14,15)/t9-,10-/m1/s1. The average Bonchev–Trinajstić information content (AvgIpc) is 2.97. The van der Waals surface area contributed by atoms with Crippen LogP contribution in [-0.4, -0.2) is 16.9 Å². The minimum absolute atomic E-state index is 0.0394. The molecule has 2 atom stereocenters. The van der Waals surface area contributed by atoms with Gasteiger partial charge in [0.15, 0.2) is 5.78 Å². The first-order valence-corrected chi connectivity index (χ1v) is 4.93. The van der Waals surface area contributed by atoms with Crippen LogP contribution in [0, 0.1) is 18.8 Å². The number of carbonyl (C=O) groups excluding carboxylic acids is 1. The smallest absolute Gasteiger partial charge is 0.307 e. The van der Waals surface area contributed by atoms with E-state index in [1.54, 1.807) is 12.1 Å². The molecule has 0 spiro atoms. The Morgan fingerprint density at radius 1 is 1.20 bits per heavy atom. The first-order valence-electron chi connectivity index (χ1n) is 4.93. The summed E-state index contributed by atoms with van der Waals surface area (Å²) in [6, 6.07) is 7.25. The maximum absolute atomic E-state index is 11.8. The molecule has 78 valence electrons. The normalized spacial score (nSPS) is 23.5. The zero-order valence-electron chi connectivity index (χ0n) is 8.43. The van der Waals surface area contributed by atoms with Crippen molar-refractivity contribution in [3.63, 3.8) is 0 Å². The van der Waals surface area contributed by atoms with Gasteiger partial charge in [0.05, 0.1) is 5.92 Å². The Kier molecular flexibility index (Phi) is 2.31. The quantitative estimate of drug-likeness (QED) is 0.765. The van der Waals surface area contributed by atoms with Crippen molar-refractivity contribution < 1.29 is 14.7 Å². The molecule has 0 radical (unpaired) electrons. The van der Waals surface area contributed by atoms with Crippen molar-refractivity contribution in [1.29, 1.82) is 0 Å². The summed E-state index contributed by atoms with van der Waals surface area (Å²) in [6.07, 6.45) is 0.488. The summed E-state index contributed by atoms with van der Waals surface area (Å²) >= 11 is 0. The van der Waals surface area contributed by atoms with Gasteiger partial charge in [-0.05, 0) is 13.3 Å². The number of carbonyl (C=O) groups is 2. The van der Waals surface area contributed by atoms with Gasteiger partial charge in [0.1, 0.15) is 0 Å². The van der Waals surface area contributed by atoms with Crippen LogP contribution in [0.25, 0.3) is 0 Å². The van der Waals surface area contributed by atoms with Crippen molar-refractivity contribution in [1.82, 2.24) is 0 Å². The van der Waals surface area contributed by atoms with E-state index in [1.807, 2.05) is 19.1 Å². The van der Waals surface area contributed by atoms with Crippen LogP contribution in [0.5, 0.6) is 0 Å². The molecule has 0 saturated heterocycles. The van der Waals surface area contributed by atoms with Crippen molar-refractivity contribution >= 4 is 11.8 Å². The molecule has 2 rings (SSSR count). The number of rotatable bonds is 3. The molecule has 3 heteroatoms. The molecule has 3 nitrogen and oxygen atoms in total. The van der Waals surface area contributed by atoms with Gasteiger partial charge in [0.25, 0.3) is 0 Å². The first kappa shape index (κ1) is 9.90. The highest BCUT2D eigenvalue weighted by Crippen LogP contribution is 2.41. The SMILES string of the molecule is Cc1ccc(C(=O)[C@@H]2C[C@H]2C(=O)O)cc1. The van der Waals surface area contributed by atoms with Crippen molar-refractivity contribution in [2.75, 3.05) is 0 Å². The van der Waals surface area contributed by atoms with Gasteiger partial charge < -0.3 is 5.11 Å². The van der Waals surface area contributed by atoms with E-state index in [-0.39, 0.29) is 11.7 Å². The Hall–Kier alpha value is -1.64. The van der Waals surface area contributed by atoms with Crippen molar-refractivity contribution in [2.45, 2.75) is 13.3 Å². The molecule has 1 saturated carbocycles. The van der Waals surface area contributed by atoms with Gasteiger partial charge in [0, 0.05) is 11.5 Å². The monoisotopic (exact) mass is 204 g/mol. The highest BCUT2D eigenvalue weighted by Gasteiger charge is 2.48. The lowest BCUT2D eigenvalue weighted by Gasteiger charge is -1.99. The van der Waals surface area contributed by atoms with E-state index in [9.17, 15) is 9.59 Å². The predicted octanol–water partition coefficient (Wildman–Crippen LogP) is 1.90. The molecular formula is C12H12O3. The van der Waals surface area contributed by atoms with Crippen LogP contribution in [0.15, 0.2) is 24.3 Å². The molecule has 1 aliphatic carbocycles. The molecule has 0 unspecified atom stereocenters. The number of carboxylic acid groups (broad SMARTS) is 1. The highest BCUT2D eigenvalue weighted by atomic mass is 16.4. The summed E-state index contributed by atoms with van der Waals surface area (Å²) in [7, 11) is 0. The molecule has 1 aromatic rings. The number of hydrogen-bond acceptors (Lipinski definition) is 2. The Bertz CT molecular complexity index is 405. The molecule has 0 amide bonds. The van der Waals surface area contributed by atoms with E-state index in [2.05, 4.69) is 0 Å². The van der Waals surface area contributed by atoms with Crippen LogP contribution in [-0.2, 0) is 4.79 Å². The Morgan fingerprint density at radius 2 is 1.80 bits per heavy atom. The van der Waals surface area contributed by atoms with E-state index in [1.165, 1.54) is 0 Å². The van der Waals surface area contributed by atoms with Gasteiger partial charge in [-0.2, -0.15) is 0 Å². The molecule has 1 aliphatic rings. The third-order valence-electron chi connectivity index (χ3n) is 2.78.